The minimum Gasteiger partial charge on any atom is -0.389 e. The van der Waals surface area contributed by atoms with Crippen LogP contribution in [0.1, 0.15) is 44.3 Å². The van der Waals surface area contributed by atoms with Gasteiger partial charge < -0.3 is 15.5 Å². The van der Waals surface area contributed by atoms with Gasteiger partial charge in [-0.15, -0.1) is 0 Å². The van der Waals surface area contributed by atoms with Crippen LogP contribution in [-0.4, -0.2) is 28.9 Å². The van der Waals surface area contributed by atoms with E-state index in [0.717, 1.165) is 25.0 Å². The number of aliphatic hydroxyl groups is 2. The van der Waals surface area contributed by atoms with Gasteiger partial charge >= 0.3 is 0 Å². The molecule has 21 heavy (non-hydrogen) atoms. The summed E-state index contributed by atoms with van der Waals surface area (Å²) in [6, 6.07) is 3.51. The minimum absolute atomic E-state index is 0.00964. The van der Waals surface area contributed by atoms with Gasteiger partial charge in [-0.2, -0.15) is 0 Å². The van der Waals surface area contributed by atoms with E-state index in [0.29, 0.717) is 25.3 Å². The Bertz CT molecular complexity index is 453. The van der Waals surface area contributed by atoms with Crippen LogP contribution >= 0.6 is 0 Å². The molecule has 2 rings (SSSR count). The Balaban J connectivity index is 1.86. The Labute approximate surface area is 124 Å². The van der Waals surface area contributed by atoms with Gasteiger partial charge in [-0.05, 0) is 43.7 Å². The zero-order valence-corrected chi connectivity index (χ0v) is 12.3. The second-order valence-electron chi connectivity index (χ2n) is 6.19. The monoisotopic (exact) mass is 299 g/mol. The Morgan fingerprint density at radius 2 is 1.86 bits per heavy atom. The van der Waals surface area contributed by atoms with Crippen molar-refractivity contribution in [2.75, 3.05) is 13.1 Å². The van der Waals surface area contributed by atoms with Crippen LogP contribution < -0.4 is 5.32 Å². The molecule has 1 atom stereocenters. The smallest absolute Gasteiger partial charge is 0.131 e. The fourth-order valence-electron chi connectivity index (χ4n) is 2.85. The van der Waals surface area contributed by atoms with Crippen LogP contribution in [0.2, 0.25) is 0 Å². The molecule has 1 fully saturated rings. The number of halogens is 2. The second kappa shape index (κ2) is 6.81. The molecule has 1 aromatic carbocycles. The molecule has 0 radical (unpaired) electrons. The first kappa shape index (κ1) is 16.3. The van der Waals surface area contributed by atoms with Crippen molar-refractivity contribution in [3.05, 3.63) is 35.4 Å². The molecule has 0 spiro atoms. The molecular formula is C16H23F2NO2. The summed E-state index contributed by atoms with van der Waals surface area (Å²) in [5.74, 6) is -0.882. The van der Waals surface area contributed by atoms with Gasteiger partial charge in [0.2, 0.25) is 0 Å². The molecule has 0 aliphatic heterocycles. The van der Waals surface area contributed by atoms with E-state index in [1.54, 1.807) is 0 Å². The number of aliphatic hydroxyl groups excluding tert-OH is 1. The van der Waals surface area contributed by atoms with Crippen molar-refractivity contribution < 1.29 is 19.0 Å². The van der Waals surface area contributed by atoms with E-state index in [1.165, 1.54) is 6.07 Å². The number of hydrogen-bond donors (Lipinski definition) is 3. The van der Waals surface area contributed by atoms with Crippen LogP contribution in [-0.2, 0) is 0 Å². The molecule has 1 saturated carbocycles. The van der Waals surface area contributed by atoms with Gasteiger partial charge in [0.25, 0.3) is 0 Å². The summed E-state index contributed by atoms with van der Waals surface area (Å²) in [5, 5.41) is 23.2. The Hall–Kier alpha value is -1.04. The van der Waals surface area contributed by atoms with Crippen molar-refractivity contribution in [2.24, 2.45) is 5.92 Å². The second-order valence-corrected chi connectivity index (χ2v) is 6.19. The van der Waals surface area contributed by atoms with E-state index < -0.39 is 23.3 Å². The largest absolute Gasteiger partial charge is 0.389 e. The van der Waals surface area contributed by atoms with Gasteiger partial charge in [0.05, 0.1) is 17.3 Å². The predicted molar refractivity (Wildman–Crippen MR) is 76.8 cm³/mol. The first-order valence-corrected chi connectivity index (χ1v) is 7.46. The molecule has 0 bridgehead atoms. The van der Waals surface area contributed by atoms with E-state index in [-0.39, 0.29) is 12.1 Å². The van der Waals surface area contributed by atoms with Gasteiger partial charge in [0.15, 0.2) is 0 Å². The fraction of sp³-hybridized carbons (Fsp3) is 0.625. The first-order chi connectivity index (χ1) is 9.91. The van der Waals surface area contributed by atoms with E-state index >= 15 is 0 Å². The van der Waals surface area contributed by atoms with Gasteiger partial charge in [-0.25, -0.2) is 8.78 Å². The summed E-state index contributed by atoms with van der Waals surface area (Å²) < 4.78 is 27.0. The predicted octanol–water partition coefficient (Wildman–Crippen LogP) is 2.53. The SMILES string of the molecule is CC1CCC(O)(CNCC(O)c2c(F)cccc2F)CC1. The highest BCUT2D eigenvalue weighted by atomic mass is 19.1. The van der Waals surface area contributed by atoms with Crippen molar-refractivity contribution in [3.8, 4) is 0 Å². The van der Waals surface area contributed by atoms with Crippen molar-refractivity contribution in [1.29, 1.82) is 0 Å². The summed E-state index contributed by atoms with van der Waals surface area (Å²) in [5.41, 5.74) is -1.10. The van der Waals surface area contributed by atoms with Crippen LogP contribution in [0.25, 0.3) is 0 Å². The summed E-state index contributed by atoms with van der Waals surface area (Å²) in [6.07, 6.45) is 2.11. The molecule has 5 heteroatoms. The van der Waals surface area contributed by atoms with Crippen LogP contribution in [0, 0.1) is 17.6 Å². The molecule has 1 aliphatic rings. The van der Waals surface area contributed by atoms with E-state index in [4.69, 9.17) is 0 Å². The number of benzene rings is 1. The summed E-state index contributed by atoms with van der Waals surface area (Å²) in [4.78, 5) is 0. The lowest BCUT2D eigenvalue weighted by atomic mass is 9.79. The van der Waals surface area contributed by atoms with Gasteiger partial charge in [-0.3, -0.25) is 0 Å². The average molecular weight is 299 g/mol. The van der Waals surface area contributed by atoms with Crippen LogP contribution in [0.4, 0.5) is 8.78 Å². The third-order valence-corrected chi connectivity index (χ3v) is 4.33. The van der Waals surface area contributed by atoms with Crippen molar-refractivity contribution >= 4 is 0 Å². The molecule has 0 aromatic heterocycles. The Morgan fingerprint density at radius 3 is 2.43 bits per heavy atom. The maximum Gasteiger partial charge on any atom is 0.131 e. The van der Waals surface area contributed by atoms with E-state index in [2.05, 4.69) is 12.2 Å². The zero-order chi connectivity index (χ0) is 15.5. The normalized spacial score (nSPS) is 27.6. The lowest BCUT2D eigenvalue weighted by molar-refractivity contribution is -0.00814. The standard InChI is InChI=1S/C16H23F2NO2/c1-11-5-7-16(21,8-6-11)10-19-9-14(20)15-12(17)3-2-4-13(15)18/h2-4,11,14,19-21H,5-10H2,1H3. The fourth-order valence-corrected chi connectivity index (χ4v) is 2.85. The van der Waals surface area contributed by atoms with Gasteiger partial charge in [-0.1, -0.05) is 13.0 Å². The van der Waals surface area contributed by atoms with Crippen molar-refractivity contribution in [2.45, 2.75) is 44.3 Å². The van der Waals surface area contributed by atoms with Crippen LogP contribution in [0.3, 0.4) is 0 Å². The first-order valence-electron chi connectivity index (χ1n) is 7.46. The maximum absolute atomic E-state index is 13.5. The lowest BCUT2D eigenvalue weighted by Crippen LogP contribution is -2.44. The average Bonchev–Trinajstić information content (AvgIpc) is 2.42. The molecule has 1 unspecified atom stereocenters. The number of rotatable bonds is 5. The Morgan fingerprint density at radius 1 is 1.29 bits per heavy atom. The molecule has 3 nitrogen and oxygen atoms in total. The van der Waals surface area contributed by atoms with E-state index in [9.17, 15) is 19.0 Å². The van der Waals surface area contributed by atoms with Crippen LogP contribution in [0.15, 0.2) is 18.2 Å². The summed E-state index contributed by atoms with van der Waals surface area (Å²) in [6.45, 7) is 2.50. The number of hydrogen-bond acceptors (Lipinski definition) is 3. The highest BCUT2D eigenvalue weighted by Crippen LogP contribution is 2.31. The molecule has 1 aromatic rings. The highest BCUT2D eigenvalue weighted by molar-refractivity contribution is 5.22. The molecule has 0 amide bonds. The van der Waals surface area contributed by atoms with Crippen molar-refractivity contribution in [1.82, 2.24) is 5.32 Å². The van der Waals surface area contributed by atoms with Gasteiger partial charge in [0, 0.05) is 13.1 Å². The Kier molecular flexibility index (Phi) is 5.30. The number of nitrogens with one attached hydrogen (secondary N) is 1. The summed E-state index contributed by atoms with van der Waals surface area (Å²) >= 11 is 0. The zero-order valence-electron chi connectivity index (χ0n) is 12.3. The molecule has 118 valence electrons. The van der Waals surface area contributed by atoms with Crippen molar-refractivity contribution in [3.63, 3.8) is 0 Å². The van der Waals surface area contributed by atoms with Crippen LogP contribution in [0.5, 0.6) is 0 Å². The van der Waals surface area contributed by atoms with E-state index in [1.807, 2.05) is 0 Å². The third-order valence-electron chi connectivity index (χ3n) is 4.33. The molecular weight excluding hydrogens is 276 g/mol. The minimum atomic E-state index is -1.27. The third kappa shape index (κ3) is 4.22. The highest BCUT2D eigenvalue weighted by Gasteiger charge is 2.31. The molecule has 3 N–H and O–H groups in total. The summed E-state index contributed by atoms with van der Waals surface area (Å²) in [7, 11) is 0. The molecule has 0 saturated heterocycles. The molecule has 0 heterocycles. The lowest BCUT2D eigenvalue weighted by Gasteiger charge is -2.35. The van der Waals surface area contributed by atoms with Gasteiger partial charge in [0.1, 0.15) is 11.6 Å². The quantitative estimate of drug-likeness (QED) is 0.783. The molecule has 1 aliphatic carbocycles. The maximum atomic E-state index is 13.5. The topological polar surface area (TPSA) is 52.5 Å².